The minimum absolute atomic E-state index is 0.0301. The summed E-state index contributed by atoms with van der Waals surface area (Å²) in [6.45, 7) is 1.52. The van der Waals surface area contributed by atoms with E-state index in [0.29, 0.717) is 37.3 Å². The van der Waals surface area contributed by atoms with Gasteiger partial charge >= 0.3 is 0 Å². The molecule has 0 unspecified atom stereocenters. The molecule has 1 aliphatic carbocycles. The van der Waals surface area contributed by atoms with Crippen LogP contribution in [0.4, 0.5) is 0 Å². The maximum atomic E-state index is 13.0. The first-order valence-electron chi connectivity index (χ1n) is 10.6. The van der Waals surface area contributed by atoms with Crippen LogP contribution < -0.4 is 10.6 Å². The molecule has 1 saturated heterocycles. The molecule has 2 fully saturated rings. The molecular formula is C23H27N3O4. The molecular weight excluding hydrogens is 382 g/mol. The topological polar surface area (TPSA) is 91.7 Å². The SMILES string of the molecule is O=C(N[C@H](C(=O)NCc1ccco1)C1CCN(C(=O)C2CC2)CC1)c1ccccc1. The molecule has 7 heteroatoms. The van der Waals surface area contributed by atoms with Crippen molar-refractivity contribution in [3.8, 4) is 0 Å². The number of hydrogen-bond donors (Lipinski definition) is 2. The third-order valence-electron chi connectivity index (χ3n) is 5.87. The lowest BCUT2D eigenvalue weighted by atomic mass is 9.88. The predicted octanol–water partition coefficient (Wildman–Crippen LogP) is 2.34. The smallest absolute Gasteiger partial charge is 0.251 e. The Hall–Kier alpha value is -3.09. The Bertz CT molecular complexity index is 869. The van der Waals surface area contributed by atoms with Gasteiger partial charge in [-0.3, -0.25) is 14.4 Å². The maximum Gasteiger partial charge on any atom is 0.251 e. The molecule has 1 atom stereocenters. The van der Waals surface area contributed by atoms with Gasteiger partial charge in [-0.15, -0.1) is 0 Å². The van der Waals surface area contributed by atoms with Crippen LogP contribution in [0.2, 0.25) is 0 Å². The van der Waals surface area contributed by atoms with Gasteiger partial charge in [0.2, 0.25) is 11.8 Å². The highest BCUT2D eigenvalue weighted by Gasteiger charge is 2.38. The standard InChI is InChI=1S/C23H27N3O4/c27-21(17-5-2-1-3-6-17)25-20(22(28)24-15-19-7-4-14-30-19)16-10-12-26(13-11-16)23(29)18-8-9-18/h1-7,14,16,18,20H,8-13,15H2,(H,24,28)(H,25,27)/t20-/m0/s1. The van der Waals surface area contributed by atoms with Crippen LogP contribution in [-0.2, 0) is 16.1 Å². The fourth-order valence-corrected chi connectivity index (χ4v) is 3.95. The highest BCUT2D eigenvalue weighted by atomic mass is 16.3. The summed E-state index contributed by atoms with van der Waals surface area (Å²) < 4.78 is 5.28. The van der Waals surface area contributed by atoms with Gasteiger partial charge < -0.3 is 20.0 Å². The average Bonchev–Trinajstić information content (AvgIpc) is 3.51. The van der Waals surface area contributed by atoms with E-state index in [9.17, 15) is 14.4 Å². The van der Waals surface area contributed by atoms with E-state index in [1.54, 1.807) is 42.7 Å². The Labute approximate surface area is 175 Å². The second-order valence-corrected chi connectivity index (χ2v) is 8.05. The number of amides is 3. The first-order chi connectivity index (χ1) is 14.6. The van der Waals surface area contributed by atoms with Crippen LogP contribution in [0.25, 0.3) is 0 Å². The summed E-state index contributed by atoms with van der Waals surface area (Å²) in [4.78, 5) is 40.0. The molecule has 1 aromatic carbocycles. The van der Waals surface area contributed by atoms with Crippen LogP contribution >= 0.6 is 0 Å². The van der Waals surface area contributed by atoms with Gasteiger partial charge in [-0.05, 0) is 55.9 Å². The van der Waals surface area contributed by atoms with Gasteiger partial charge in [0.05, 0.1) is 12.8 Å². The Balaban J connectivity index is 1.41. The Kier molecular flexibility index (Phi) is 6.16. The molecule has 3 amide bonds. The summed E-state index contributed by atoms with van der Waals surface area (Å²) in [5, 5.41) is 5.80. The number of rotatable bonds is 7. The predicted molar refractivity (Wildman–Crippen MR) is 110 cm³/mol. The second-order valence-electron chi connectivity index (χ2n) is 8.05. The summed E-state index contributed by atoms with van der Waals surface area (Å²) in [7, 11) is 0. The lowest BCUT2D eigenvalue weighted by Gasteiger charge is -2.36. The fourth-order valence-electron chi connectivity index (χ4n) is 3.95. The average molecular weight is 409 g/mol. The van der Waals surface area contributed by atoms with Crippen molar-refractivity contribution in [2.45, 2.75) is 38.3 Å². The van der Waals surface area contributed by atoms with Crippen LogP contribution in [0.15, 0.2) is 53.1 Å². The molecule has 0 bridgehead atoms. The number of nitrogens with one attached hydrogen (secondary N) is 2. The highest BCUT2D eigenvalue weighted by molar-refractivity contribution is 5.97. The van der Waals surface area contributed by atoms with Crippen LogP contribution in [0, 0.1) is 11.8 Å². The number of furan rings is 1. The molecule has 1 saturated carbocycles. The summed E-state index contributed by atoms with van der Waals surface area (Å²) in [5.74, 6) is 0.555. The Morgan fingerprint density at radius 3 is 2.37 bits per heavy atom. The molecule has 7 nitrogen and oxygen atoms in total. The molecule has 4 rings (SSSR count). The molecule has 1 aromatic heterocycles. The monoisotopic (exact) mass is 409 g/mol. The molecule has 0 radical (unpaired) electrons. The van der Waals surface area contributed by atoms with Crippen molar-refractivity contribution in [2.24, 2.45) is 11.8 Å². The van der Waals surface area contributed by atoms with Crippen molar-refractivity contribution in [2.75, 3.05) is 13.1 Å². The summed E-state index contributed by atoms with van der Waals surface area (Å²) in [5.41, 5.74) is 0.516. The van der Waals surface area contributed by atoms with Crippen molar-refractivity contribution >= 4 is 17.7 Å². The molecule has 158 valence electrons. The van der Waals surface area contributed by atoms with Gasteiger partial charge in [0.15, 0.2) is 0 Å². The lowest BCUT2D eigenvalue weighted by molar-refractivity contribution is -0.134. The molecule has 2 aromatic rings. The van der Waals surface area contributed by atoms with E-state index < -0.39 is 6.04 Å². The number of hydrogen-bond acceptors (Lipinski definition) is 4. The highest BCUT2D eigenvalue weighted by Crippen LogP contribution is 2.33. The van der Waals surface area contributed by atoms with Gasteiger partial charge in [-0.2, -0.15) is 0 Å². The molecule has 1 aliphatic heterocycles. The largest absolute Gasteiger partial charge is 0.467 e. The first kappa shape index (κ1) is 20.2. The zero-order chi connectivity index (χ0) is 20.9. The van der Waals surface area contributed by atoms with Gasteiger partial charge in [-0.25, -0.2) is 0 Å². The zero-order valence-electron chi connectivity index (χ0n) is 16.9. The summed E-state index contributed by atoms with van der Waals surface area (Å²) >= 11 is 0. The van der Waals surface area contributed by atoms with E-state index in [0.717, 1.165) is 12.8 Å². The number of benzene rings is 1. The van der Waals surface area contributed by atoms with Gasteiger partial charge in [0.25, 0.3) is 5.91 Å². The van der Waals surface area contributed by atoms with Crippen LogP contribution in [0.1, 0.15) is 41.8 Å². The van der Waals surface area contributed by atoms with Crippen LogP contribution in [-0.4, -0.2) is 41.8 Å². The minimum Gasteiger partial charge on any atom is -0.467 e. The summed E-state index contributed by atoms with van der Waals surface area (Å²) in [6.07, 6.45) is 4.91. The maximum absolute atomic E-state index is 13.0. The third kappa shape index (κ3) is 4.90. The van der Waals surface area contributed by atoms with E-state index in [2.05, 4.69) is 10.6 Å². The summed E-state index contributed by atoms with van der Waals surface area (Å²) in [6, 6.07) is 11.8. The van der Waals surface area contributed by atoms with Crippen molar-refractivity contribution < 1.29 is 18.8 Å². The van der Waals surface area contributed by atoms with E-state index in [4.69, 9.17) is 4.42 Å². The second kappa shape index (κ2) is 9.15. The molecule has 2 N–H and O–H groups in total. The Morgan fingerprint density at radius 1 is 1.00 bits per heavy atom. The van der Waals surface area contributed by atoms with Crippen LogP contribution in [0.5, 0.6) is 0 Å². The minimum atomic E-state index is -0.661. The van der Waals surface area contributed by atoms with Gasteiger partial charge in [0.1, 0.15) is 11.8 Å². The van der Waals surface area contributed by atoms with E-state index in [1.165, 1.54) is 0 Å². The lowest BCUT2D eigenvalue weighted by Crippen LogP contribution is -2.53. The number of piperidine rings is 1. The van der Waals surface area contributed by atoms with Gasteiger partial charge in [0, 0.05) is 24.6 Å². The van der Waals surface area contributed by atoms with Crippen molar-refractivity contribution in [1.29, 1.82) is 0 Å². The van der Waals surface area contributed by atoms with E-state index >= 15 is 0 Å². The van der Waals surface area contributed by atoms with Crippen molar-refractivity contribution in [3.05, 3.63) is 60.1 Å². The number of likely N-dealkylation sites (tertiary alicyclic amines) is 1. The molecule has 0 spiro atoms. The van der Waals surface area contributed by atoms with Crippen LogP contribution in [0.3, 0.4) is 0 Å². The Morgan fingerprint density at radius 2 is 1.73 bits per heavy atom. The molecule has 30 heavy (non-hydrogen) atoms. The van der Waals surface area contributed by atoms with E-state index in [1.807, 2.05) is 11.0 Å². The number of carbonyl (C=O) groups is 3. The molecule has 2 aliphatic rings. The first-order valence-corrected chi connectivity index (χ1v) is 10.6. The third-order valence-corrected chi connectivity index (χ3v) is 5.87. The molecule has 2 heterocycles. The number of carbonyl (C=O) groups excluding carboxylic acids is 3. The normalized spacial score (nSPS) is 17.9. The fraction of sp³-hybridized carbons (Fsp3) is 0.435. The quantitative estimate of drug-likeness (QED) is 0.734. The van der Waals surface area contributed by atoms with Crippen molar-refractivity contribution in [3.63, 3.8) is 0 Å². The van der Waals surface area contributed by atoms with Gasteiger partial charge in [-0.1, -0.05) is 18.2 Å². The van der Waals surface area contributed by atoms with E-state index in [-0.39, 0.29) is 36.1 Å². The van der Waals surface area contributed by atoms with Crippen molar-refractivity contribution in [1.82, 2.24) is 15.5 Å². The zero-order valence-corrected chi connectivity index (χ0v) is 16.9. The number of nitrogens with zero attached hydrogens (tertiary/aromatic N) is 1.